The monoisotopic (exact) mass is 290 g/mol. The Balaban J connectivity index is 2.08. The van der Waals surface area contributed by atoms with E-state index in [0.29, 0.717) is 5.69 Å². The van der Waals surface area contributed by atoms with Gasteiger partial charge < -0.3 is 16.2 Å². The molecule has 2 rings (SSSR count). The average molecular weight is 290 g/mol. The molecule has 0 aromatic heterocycles. The number of nitrogen functional groups attached to an aromatic ring is 1. The first kappa shape index (κ1) is 15.8. The van der Waals surface area contributed by atoms with Gasteiger partial charge >= 0.3 is 0 Å². The zero-order valence-electron chi connectivity index (χ0n) is 12.9. The Morgan fingerprint density at radius 3 is 2.48 bits per heavy atom. The first-order valence-electron chi connectivity index (χ1n) is 7.76. The molecule has 1 saturated carbocycles. The van der Waals surface area contributed by atoms with Crippen molar-refractivity contribution < 1.29 is 9.90 Å². The number of nitrogens with two attached hydrogens (primary N) is 1. The summed E-state index contributed by atoms with van der Waals surface area (Å²) < 4.78 is 0. The summed E-state index contributed by atoms with van der Waals surface area (Å²) in [5.41, 5.74) is 6.68. The van der Waals surface area contributed by atoms with E-state index in [1.54, 1.807) is 0 Å². The summed E-state index contributed by atoms with van der Waals surface area (Å²) in [6.07, 6.45) is 4.42. The van der Waals surface area contributed by atoms with Crippen LogP contribution in [-0.2, 0) is 10.2 Å². The fraction of sp³-hybridized carbons (Fsp3) is 0.588. The highest BCUT2D eigenvalue weighted by Gasteiger charge is 2.33. The molecule has 2 atom stereocenters. The SMILES string of the molecule is CC(C)(C(=O)NC1CCCCCC1O)c1ccc(N)cc1. The molecule has 0 saturated heterocycles. The van der Waals surface area contributed by atoms with Crippen LogP contribution in [0.3, 0.4) is 0 Å². The quantitative estimate of drug-likeness (QED) is 0.591. The van der Waals surface area contributed by atoms with Crippen LogP contribution < -0.4 is 11.1 Å². The maximum Gasteiger partial charge on any atom is 0.230 e. The smallest absolute Gasteiger partial charge is 0.230 e. The number of benzene rings is 1. The Morgan fingerprint density at radius 1 is 1.19 bits per heavy atom. The molecule has 4 nitrogen and oxygen atoms in total. The van der Waals surface area contributed by atoms with Gasteiger partial charge in [-0.1, -0.05) is 31.4 Å². The van der Waals surface area contributed by atoms with Crippen LogP contribution in [0.25, 0.3) is 0 Å². The number of anilines is 1. The number of nitrogens with one attached hydrogen (secondary N) is 1. The molecule has 0 heterocycles. The van der Waals surface area contributed by atoms with Crippen LogP contribution >= 0.6 is 0 Å². The highest BCUT2D eigenvalue weighted by molar-refractivity contribution is 5.87. The number of rotatable bonds is 3. The summed E-state index contributed by atoms with van der Waals surface area (Å²) in [5.74, 6) is -0.0433. The third-order valence-corrected chi connectivity index (χ3v) is 4.50. The third kappa shape index (κ3) is 3.76. The van der Waals surface area contributed by atoms with Gasteiger partial charge in [0.05, 0.1) is 17.6 Å². The minimum absolute atomic E-state index is 0.0433. The standard InChI is InChI=1S/C17H26N2O2/c1-17(2,12-8-10-13(18)11-9-12)16(21)19-14-6-4-3-5-7-15(14)20/h8-11,14-15,20H,3-7,18H2,1-2H3,(H,19,21). The molecule has 21 heavy (non-hydrogen) atoms. The van der Waals surface area contributed by atoms with Gasteiger partial charge in [0.2, 0.25) is 5.91 Å². The van der Waals surface area contributed by atoms with Crippen molar-refractivity contribution in [3.8, 4) is 0 Å². The highest BCUT2D eigenvalue weighted by Crippen LogP contribution is 2.26. The molecular formula is C17H26N2O2. The van der Waals surface area contributed by atoms with Gasteiger partial charge in [-0.05, 0) is 44.4 Å². The molecule has 4 N–H and O–H groups in total. The molecule has 0 aliphatic heterocycles. The van der Waals surface area contributed by atoms with Crippen molar-refractivity contribution in [3.05, 3.63) is 29.8 Å². The second-order valence-electron chi connectivity index (χ2n) is 6.53. The number of hydrogen-bond acceptors (Lipinski definition) is 3. The summed E-state index contributed by atoms with van der Waals surface area (Å²) >= 11 is 0. The Hall–Kier alpha value is -1.55. The van der Waals surface area contributed by atoms with E-state index in [4.69, 9.17) is 5.73 Å². The number of carbonyl (C=O) groups is 1. The van der Waals surface area contributed by atoms with Crippen molar-refractivity contribution in [2.24, 2.45) is 0 Å². The van der Waals surface area contributed by atoms with Gasteiger partial charge in [-0.2, -0.15) is 0 Å². The van der Waals surface area contributed by atoms with Crippen LogP contribution in [0, 0.1) is 0 Å². The van der Waals surface area contributed by atoms with Gasteiger partial charge in [-0.3, -0.25) is 4.79 Å². The first-order valence-corrected chi connectivity index (χ1v) is 7.76. The van der Waals surface area contributed by atoms with Gasteiger partial charge in [0.25, 0.3) is 0 Å². The van der Waals surface area contributed by atoms with E-state index in [0.717, 1.165) is 37.7 Å². The minimum Gasteiger partial charge on any atom is -0.399 e. The van der Waals surface area contributed by atoms with Crippen LogP contribution in [-0.4, -0.2) is 23.2 Å². The van der Waals surface area contributed by atoms with Crippen molar-refractivity contribution in [1.82, 2.24) is 5.32 Å². The van der Waals surface area contributed by atoms with E-state index in [2.05, 4.69) is 5.32 Å². The molecule has 4 heteroatoms. The van der Waals surface area contributed by atoms with Crippen molar-refractivity contribution >= 4 is 11.6 Å². The van der Waals surface area contributed by atoms with Gasteiger partial charge in [-0.15, -0.1) is 0 Å². The zero-order valence-corrected chi connectivity index (χ0v) is 12.9. The number of hydrogen-bond donors (Lipinski definition) is 3. The summed E-state index contributed by atoms with van der Waals surface area (Å²) in [6.45, 7) is 3.80. The van der Waals surface area contributed by atoms with E-state index in [-0.39, 0.29) is 11.9 Å². The molecule has 1 aliphatic rings. The Kier molecular flexibility index (Phi) is 4.88. The molecule has 1 aromatic carbocycles. The fourth-order valence-corrected chi connectivity index (χ4v) is 2.84. The van der Waals surface area contributed by atoms with Crippen molar-refractivity contribution in [2.45, 2.75) is 63.5 Å². The molecule has 116 valence electrons. The predicted octanol–water partition coefficient (Wildman–Crippen LogP) is 2.36. The van der Waals surface area contributed by atoms with E-state index in [1.807, 2.05) is 38.1 Å². The average Bonchev–Trinajstić information content (AvgIpc) is 2.64. The lowest BCUT2D eigenvalue weighted by atomic mass is 9.83. The van der Waals surface area contributed by atoms with Crippen LogP contribution in [0.4, 0.5) is 5.69 Å². The molecule has 1 fully saturated rings. The summed E-state index contributed by atoms with van der Waals surface area (Å²) in [5, 5.41) is 13.2. The maximum atomic E-state index is 12.6. The van der Waals surface area contributed by atoms with Gasteiger partial charge in [-0.25, -0.2) is 0 Å². The molecule has 0 radical (unpaired) electrons. The second-order valence-corrected chi connectivity index (χ2v) is 6.53. The molecular weight excluding hydrogens is 264 g/mol. The topological polar surface area (TPSA) is 75.3 Å². The number of carbonyl (C=O) groups excluding carboxylic acids is 1. The second kappa shape index (κ2) is 6.48. The maximum absolute atomic E-state index is 12.6. The predicted molar refractivity (Wildman–Crippen MR) is 84.9 cm³/mol. The first-order chi connectivity index (χ1) is 9.91. The third-order valence-electron chi connectivity index (χ3n) is 4.50. The van der Waals surface area contributed by atoms with Crippen molar-refractivity contribution in [2.75, 3.05) is 5.73 Å². The van der Waals surface area contributed by atoms with E-state index >= 15 is 0 Å². The largest absolute Gasteiger partial charge is 0.399 e. The van der Waals surface area contributed by atoms with Crippen LogP contribution in [0.2, 0.25) is 0 Å². The van der Waals surface area contributed by atoms with Gasteiger partial charge in [0.1, 0.15) is 0 Å². The molecule has 0 spiro atoms. The Bertz CT molecular complexity index is 482. The number of aliphatic hydroxyl groups is 1. The fourth-order valence-electron chi connectivity index (χ4n) is 2.84. The number of amides is 1. The van der Waals surface area contributed by atoms with Crippen molar-refractivity contribution in [1.29, 1.82) is 0 Å². The molecule has 2 unspecified atom stereocenters. The van der Waals surface area contributed by atoms with Crippen LogP contribution in [0.5, 0.6) is 0 Å². The van der Waals surface area contributed by atoms with Crippen LogP contribution in [0.1, 0.15) is 51.5 Å². The van der Waals surface area contributed by atoms with Crippen LogP contribution in [0.15, 0.2) is 24.3 Å². The lowest BCUT2D eigenvalue weighted by Crippen LogP contribution is -2.49. The van der Waals surface area contributed by atoms with Crippen molar-refractivity contribution in [3.63, 3.8) is 0 Å². The van der Waals surface area contributed by atoms with E-state index in [9.17, 15) is 9.90 Å². The Morgan fingerprint density at radius 2 is 1.81 bits per heavy atom. The lowest BCUT2D eigenvalue weighted by Gasteiger charge is -2.29. The summed E-state index contributed by atoms with van der Waals surface area (Å²) in [4.78, 5) is 12.6. The van der Waals surface area contributed by atoms with Gasteiger partial charge in [0, 0.05) is 5.69 Å². The summed E-state index contributed by atoms with van der Waals surface area (Å²) in [6, 6.07) is 7.26. The number of aliphatic hydroxyl groups excluding tert-OH is 1. The van der Waals surface area contributed by atoms with E-state index in [1.165, 1.54) is 0 Å². The molecule has 1 aliphatic carbocycles. The minimum atomic E-state index is -0.639. The normalized spacial score (nSPS) is 23.4. The molecule has 1 amide bonds. The Labute approximate surface area is 126 Å². The van der Waals surface area contributed by atoms with Gasteiger partial charge in [0.15, 0.2) is 0 Å². The van der Waals surface area contributed by atoms with E-state index < -0.39 is 11.5 Å². The zero-order chi connectivity index (χ0) is 15.5. The molecule has 0 bridgehead atoms. The highest BCUT2D eigenvalue weighted by atomic mass is 16.3. The molecule has 1 aromatic rings. The lowest BCUT2D eigenvalue weighted by molar-refractivity contribution is -0.127. The summed E-state index contributed by atoms with van der Waals surface area (Å²) in [7, 11) is 0.